The summed E-state index contributed by atoms with van der Waals surface area (Å²) in [5.41, 5.74) is 0.636. The first kappa shape index (κ1) is 15.3. The van der Waals surface area contributed by atoms with Crippen molar-refractivity contribution in [2.45, 2.75) is 18.7 Å². The van der Waals surface area contributed by atoms with Gasteiger partial charge in [0.25, 0.3) is 5.91 Å². The van der Waals surface area contributed by atoms with Crippen LogP contribution in [0.25, 0.3) is 0 Å². The van der Waals surface area contributed by atoms with Gasteiger partial charge in [0, 0.05) is 23.1 Å². The van der Waals surface area contributed by atoms with Crippen LogP contribution in [0.5, 0.6) is 0 Å². The van der Waals surface area contributed by atoms with E-state index in [1.807, 2.05) is 13.8 Å². The van der Waals surface area contributed by atoms with E-state index in [0.29, 0.717) is 17.1 Å². The highest BCUT2D eigenvalue weighted by Gasteiger charge is 2.12. The first-order valence-corrected chi connectivity index (χ1v) is 7.26. The lowest BCUT2D eigenvalue weighted by Crippen LogP contribution is -2.29. The third kappa shape index (κ3) is 4.52. The van der Waals surface area contributed by atoms with E-state index in [4.69, 9.17) is 16.7 Å². The molecule has 1 rings (SSSR count). The summed E-state index contributed by atoms with van der Waals surface area (Å²) in [7, 11) is 0. The number of amides is 1. The molecule has 100 valence electrons. The Hall–Kier alpha value is -0.710. The minimum absolute atomic E-state index is 0.0588. The lowest BCUT2D eigenvalue weighted by Gasteiger charge is -2.12. The van der Waals surface area contributed by atoms with Gasteiger partial charge in [-0.1, -0.05) is 25.4 Å². The van der Waals surface area contributed by atoms with Crippen molar-refractivity contribution in [3.8, 4) is 0 Å². The summed E-state index contributed by atoms with van der Waals surface area (Å²) in [6.45, 7) is 4.44. The molecule has 0 heterocycles. The van der Waals surface area contributed by atoms with Crippen LogP contribution in [0, 0.1) is 5.92 Å². The lowest BCUT2D eigenvalue weighted by atomic mass is 10.1. The molecular formula is C13H18ClNO2S. The predicted octanol–water partition coefficient (Wildman–Crippen LogP) is 2.81. The third-order valence-electron chi connectivity index (χ3n) is 2.41. The van der Waals surface area contributed by atoms with Crippen molar-refractivity contribution in [3.05, 3.63) is 28.8 Å². The molecule has 1 unspecified atom stereocenters. The molecule has 0 saturated carbocycles. The molecular weight excluding hydrogens is 270 g/mol. The summed E-state index contributed by atoms with van der Waals surface area (Å²) in [6, 6.07) is 5.25. The number of aliphatic hydroxyl groups is 1. The number of hydrogen-bond acceptors (Lipinski definition) is 3. The molecule has 1 amide bonds. The van der Waals surface area contributed by atoms with Gasteiger partial charge >= 0.3 is 0 Å². The molecule has 1 atom stereocenters. The summed E-state index contributed by atoms with van der Waals surface area (Å²) >= 11 is 7.52. The number of hydrogen-bond donors (Lipinski definition) is 2. The Balaban J connectivity index is 2.78. The number of benzene rings is 1. The van der Waals surface area contributed by atoms with Gasteiger partial charge in [-0.05, 0) is 29.9 Å². The molecule has 1 aromatic carbocycles. The van der Waals surface area contributed by atoms with Crippen LogP contribution in [0.1, 0.15) is 24.2 Å². The molecule has 0 aromatic heterocycles. The summed E-state index contributed by atoms with van der Waals surface area (Å²) in [5, 5.41) is 12.4. The minimum atomic E-state index is -0.122. The Morgan fingerprint density at radius 2 is 2.28 bits per heavy atom. The highest BCUT2D eigenvalue weighted by atomic mass is 35.5. The Bertz CT molecular complexity index is 412. The van der Waals surface area contributed by atoms with E-state index in [0.717, 1.165) is 10.6 Å². The van der Waals surface area contributed by atoms with Crippen LogP contribution in [0.4, 0.5) is 0 Å². The van der Waals surface area contributed by atoms with E-state index in [1.165, 1.54) is 0 Å². The molecule has 0 fully saturated rings. The molecule has 0 spiro atoms. The molecule has 0 aliphatic carbocycles. The van der Waals surface area contributed by atoms with E-state index in [1.54, 1.807) is 30.0 Å². The molecule has 5 heteroatoms. The number of rotatable bonds is 6. The zero-order valence-electron chi connectivity index (χ0n) is 10.6. The fourth-order valence-corrected chi connectivity index (χ4v) is 2.46. The van der Waals surface area contributed by atoms with Gasteiger partial charge in [-0.2, -0.15) is 0 Å². The Morgan fingerprint density at radius 3 is 2.89 bits per heavy atom. The topological polar surface area (TPSA) is 49.3 Å². The smallest absolute Gasteiger partial charge is 0.252 e. The average molecular weight is 288 g/mol. The number of carbonyl (C=O) groups is 1. The van der Waals surface area contributed by atoms with E-state index in [9.17, 15) is 4.79 Å². The van der Waals surface area contributed by atoms with Gasteiger partial charge in [-0.3, -0.25) is 4.79 Å². The fraction of sp³-hybridized carbons (Fsp3) is 0.462. The van der Waals surface area contributed by atoms with Crippen LogP contribution in [-0.2, 0) is 0 Å². The largest absolute Gasteiger partial charge is 0.396 e. The fourth-order valence-electron chi connectivity index (χ4n) is 1.39. The van der Waals surface area contributed by atoms with Gasteiger partial charge in [0.15, 0.2) is 0 Å². The number of thioether (sulfide) groups is 1. The van der Waals surface area contributed by atoms with Crippen LogP contribution in [0.2, 0.25) is 5.02 Å². The van der Waals surface area contributed by atoms with E-state index in [-0.39, 0.29) is 18.4 Å². The summed E-state index contributed by atoms with van der Waals surface area (Å²) in [4.78, 5) is 12.9. The SMILES string of the molecule is CCSc1cc(Cl)ccc1C(=O)NCC(C)CO. The van der Waals surface area contributed by atoms with Crippen molar-refractivity contribution in [1.29, 1.82) is 0 Å². The highest BCUT2D eigenvalue weighted by Crippen LogP contribution is 2.26. The number of halogens is 1. The minimum Gasteiger partial charge on any atom is -0.396 e. The molecule has 0 aliphatic rings. The van der Waals surface area contributed by atoms with E-state index >= 15 is 0 Å². The maximum absolute atomic E-state index is 12.0. The standard InChI is InChI=1S/C13H18ClNO2S/c1-3-18-12-6-10(14)4-5-11(12)13(17)15-7-9(2)8-16/h4-6,9,16H,3,7-8H2,1-2H3,(H,15,17). The van der Waals surface area contributed by atoms with Crippen LogP contribution in [0.15, 0.2) is 23.1 Å². The number of carbonyl (C=O) groups excluding carboxylic acids is 1. The van der Waals surface area contributed by atoms with Crippen LogP contribution >= 0.6 is 23.4 Å². The number of nitrogens with one attached hydrogen (secondary N) is 1. The molecule has 0 aliphatic heterocycles. The second-order valence-electron chi connectivity index (χ2n) is 4.07. The third-order valence-corrected chi connectivity index (χ3v) is 3.58. The average Bonchev–Trinajstić information content (AvgIpc) is 2.36. The summed E-state index contributed by atoms with van der Waals surface area (Å²) < 4.78 is 0. The second kappa shape index (κ2) is 7.67. The zero-order valence-corrected chi connectivity index (χ0v) is 12.1. The molecule has 18 heavy (non-hydrogen) atoms. The maximum Gasteiger partial charge on any atom is 0.252 e. The predicted molar refractivity (Wildman–Crippen MR) is 76.4 cm³/mol. The number of aliphatic hydroxyl groups excluding tert-OH is 1. The van der Waals surface area contributed by atoms with Gasteiger partial charge in [0.1, 0.15) is 0 Å². The van der Waals surface area contributed by atoms with Gasteiger partial charge in [0.05, 0.1) is 5.56 Å². The van der Waals surface area contributed by atoms with Crippen molar-refractivity contribution >= 4 is 29.3 Å². The van der Waals surface area contributed by atoms with Crippen LogP contribution in [-0.4, -0.2) is 29.9 Å². The lowest BCUT2D eigenvalue weighted by molar-refractivity contribution is 0.0939. The summed E-state index contributed by atoms with van der Waals surface area (Å²) in [5.74, 6) is 0.819. The van der Waals surface area contributed by atoms with Crippen LogP contribution in [0.3, 0.4) is 0 Å². The molecule has 0 radical (unpaired) electrons. The normalized spacial score (nSPS) is 12.2. The first-order chi connectivity index (χ1) is 8.58. The van der Waals surface area contributed by atoms with Crippen molar-refractivity contribution in [2.24, 2.45) is 5.92 Å². The maximum atomic E-state index is 12.0. The zero-order chi connectivity index (χ0) is 13.5. The molecule has 0 bridgehead atoms. The quantitative estimate of drug-likeness (QED) is 0.791. The van der Waals surface area contributed by atoms with Gasteiger partial charge in [-0.25, -0.2) is 0 Å². The Kier molecular flexibility index (Phi) is 6.54. The molecule has 1 aromatic rings. The van der Waals surface area contributed by atoms with Crippen LogP contribution < -0.4 is 5.32 Å². The molecule has 3 nitrogen and oxygen atoms in total. The van der Waals surface area contributed by atoms with Gasteiger partial charge < -0.3 is 10.4 Å². The van der Waals surface area contributed by atoms with E-state index < -0.39 is 0 Å². The Labute approximate surface area is 117 Å². The van der Waals surface area contributed by atoms with Crippen molar-refractivity contribution in [2.75, 3.05) is 18.9 Å². The monoisotopic (exact) mass is 287 g/mol. The second-order valence-corrected chi connectivity index (χ2v) is 5.81. The molecule has 2 N–H and O–H groups in total. The van der Waals surface area contributed by atoms with Crippen molar-refractivity contribution in [3.63, 3.8) is 0 Å². The Morgan fingerprint density at radius 1 is 1.56 bits per heavy atom. The van der Waals surface area contributed by atoms with Crippen molar-refractivity contribution < 1.29 is 9.90 Å². The van der Waals surface area contributed by atoms with Gasteiger partial charge in [-0.15, -0.1) is 11.8 Å². The summed E-state index contributed by atoms with van der Waals surface area (Å²) in [6.07, 6.45) is 0. The van der Waals surface area contributed by atoms with Gasteiger partial charge in [0.2, 0.25) is 0 Å². The first-order valence-electron chi connectivity index (χ1n) is 5.89. The highest BCUT2D eigenvalue weighted by molar-refractivity contribution is 7.99. The molecule has 0 saturated heterocycles. The van der Waals surface area contributed by atoms with E-state index in [2.05, 4.69) is 5.32 Å². The van der Waals surface area contributed by atoms with Crippen molar-refractivity contribution in [1.82, 2.24) is 5.32 Å².